The van der Waals surface area contributed by atoms with Gasteiger partial charge in [0.1, 0.15) is 5.76 Å². The van der Waals surface area contributed by atoms with Crippen molar-refractivity contribution < 1.29 is 9.21 Å². The van der Waals surface area contributed by atoms with Crippen LogP contribution < -0.4 is 10.6 Å². The van der Waals surface area contributed by atoms with E-state index >= 15 is 0 Å². The molecule has 18 heavy (non-hydrogen) atoms. The summed E-state index contributed by atoms with van der Waals surface area (Å²) in [4.78, 5) is 12.1. The quantitative estimate of drug-likeness (QED) is 0.845. The van der Waals surface area contributed by atoms with E-state index in [4.69, 9.17) is 4.42 Å². The molecule has 2 N–H and O–H groups in total. The van der Waals surface area contributed by atoms with Gasteiger partial charge >= 0.3 is 0 Å². The molecule has 4 nitrogen and oxygen atoms in total. The fourth-order valence-corrected chi connectivity index (χ4v) is 3.35. The van der Waals surface area contributed by atoms with Crippen LogP contribution in [0.3, 0.4) is 0 Å². The lowest BCUT2D eigenvalue weighted by atomic mass is 9.93. The van der Waals surface area contributed by atoms with Crippen molar-refractivity contribution in [2.45, 2.75) is 31.7 Å². The van der Waals surface area contributed by atoms with E-state index < -0.39 is 0 Å². The summed E-state index contributed by atoms with van der Waals surface area (Å²) in [6.45, 7) is 1.67. The van der Waals surface area contributed by atoms with Crippen LogP contribution in [0.2, 0.25) is 0 Å². The summed E-state index contributed by atoms with van der Waals surface area (Å²) in [5.74, 6) is 2.38. The van der Waals surface area contributed by atoms with E-state index in [0.29, 0.717) is 12.5 Å². The SMILES string of the molecule is O=C(NCCc1ccco1)C1NCC2CCCC21. The van der Waals surface area contributed by atoms with E-state index in [1.165, 1.54) is 19.3 Å². The van der Waals surface area contributed by atoms with Crippen LogP contribution in [0.4, 0.5) is 0 Å². The average Bonchev–Trinajstić information content (AvgIpc) is 3.05. The number of amides is 1. The number of carbonyl (C=O) groups is 1. The van der Waals surface area contributed by atoms with Crippen LogP contribution in [0.25, 0.3) is 0 Å². The lowest BCUT2D eigenvalue weighted by Crippen LogP contribution is -2.44. The Morgan fingerprint density at radius 3 is 3.28 bits per heavy atom. The van der Waals surface area contributed by atoms with Crippen molar-refractivity contribution in [2.75, 3.05) is 13.1 Å². The van der Waals surface area contributed by atoms with Crippen LogP contribution in [0, 0.1) is 11.8 Å². The van der Waals surface area contributed by atoms with Gasteiger partial charge in [-0.1, -0.05) is 6.42 Å². The molecule has 0 spiro atoms. The lowest BCUT2D eigenvalue weighted by Gasteiger charge is -2.17. The molecule has 2 fully saturated rings. The maximum atomic E-state index is 12.1. The van der Waals surface area contributed by atoms with Crippen molar-refractivity contribution in [3.8, 4) is 0 Å². The van der Waals surface area contributed by atoms with Gasteiger partial charge in [0.05, 0.1) is 12.3 Å². The molecule has 3 atom stereocenters. The largest absolute Gasteiger partial charge is 0.469 e. The summed E-state index contributed by atoms with van der Waals surface area (Å²) in [5.41, 5.74) is 0. The molecule has 1 aromatic rings. The fourth-order valence-electron chi connectivity index (χ4n) is 3.35. The van der Waals surface area contributed by atoms with Gasteiger partial charge in [-0.05, 0) is 43.4 Å². The third-order valence-electron chi connectivity index (χ3n) is 4.28. The van der Waals surface area contributed by atoms with E-state index in [-0.39, 0.29) is 11.9 Å². The highest BCUT2D eigenvalue weighted by Crippen LogP contribution is 2.37. The number of fused-ring (bicyclic) bond motifs is 1. The first kappa shape index (κ1) is 11.8. The second-order valence-electron chi connectivity index (χ2n) is 5.36. The summed E-state index contributed by atoms with van der Waals surface area (Å²) in [5, 5.41) is 6.38. The summed E-state index contributed by atoms with van der Waals surface area (Å²) in [6, 6.07) is 3.85. The lowest BCUT2D eigenvalue weighted by molar-refractivity contribution is -0.123. The molecule has 2 heterocycles. The molecule has 2 aliphatic rings. The van der Waals surface area contributed by atoms with Crippen molar-refractivity contribution in [1.29, 1.82) is 0 Å². The van der Waals surface area contributed by atoms with E-state index in [2.05, 4.69) is 10.6 Å². The zero-order chi connectivity index (χ0) is 12.4. The van der Waals surface area contributed by atoms with E-state index in [1.807, 2.05) is 12.1 Å². The summed E-state index contributed by atoms with van der Waals surface area (Å²) in [7, 11) is 0. The predicted octanol–water partition coefficient (Wildman–Crippen LogP) is 1.33. The topological polar surface area (TPSA) is 54.3 Å². The normalized spacial score (nSPS) is 30.3. The Morgan fingerprint density at radius 1 is 1.50 bits per heavy atom. The molecule has 4 heteroatoms. The van der Waals surface area contributed by atoms with Crippen LogP contribution in [-0.4, -0.2) is 25.0 Å². The van der Waals surface area contributed by atoms with Gasteiger partial charge in [-0.2, -0.15) is 0 Å². The van der Waals surface area contributed by atoms with Gasteiger partial charge in [-0.25, -0.2) is 0 Å². The van der Waals surface area contributed by atoms with Crippen LogP contribution >= 0.6 is 0 Å². The molecule has 1 amide bonds. The highest BCUT2D eigenvalue weighted by Gasteiger charge is 2.42. The van der Waals surface area contributed by atoms with Gasteiger partial charge in [0, 0.05) is 13.0 Å². The number of hydrogen-bond donors (Lipinski definition) is 2. The van der Waals surface area contributed by atoms with E-state index in [0.717, 1.165) is 24.6 Å². The first-order chi connectivity index (χ1) is 8.84. The van der Waals surface area contributed by atoms with Gasteiger partial charge in [0.2, 0.25) is 5.91 Å². The highest BCUT2D eigenvalue weighted by molar-refractivity contribution is 5.82. The van der Waals surface area contributed by atoms with Crippen LogP contribution in [0.1, 0.15) is 25.0 Å². The Balaban J connectivity index is 1.47. The first-order valence-corrected chi connectivity index (χ1v) is 6.88. The minimum absolute atomic E-state index is 0.0362. The second-order valence-corrected chi connectivity index (χ2v) is 5.36. The monoisotopic (exact) mass is 248 g/mol. The van der Waals surface area contributed by atoms with Gasteiger partial charge in [0.15, 0.2) is 0 Å². The molecule has 1 saturated carbocycles. The maximum Gasteiger partial charge on any atom is 0.237 e. The van der Waals surface area contributed by atoms with Crippen LogP contribution in [0.5, 0.6) is 0 Å². The molecule has 0 radical (unpaired) electrons. The third-order valence-corrected chi connectivity index (χ3v) is 4.28. The molecule has 3 unspecified atom stereocenters. The van der Waals surface area contributed by atoms with Crippen molar-refractivity contribution in [1.82, 2.24) is 10.6 Å². The first-order valence-electron chi connectivity index (χ1n) is 6.88. The van der Waals surface area contributed by atoms with Crippen molar-refractivity contribution in [2.24, 2.45) is 11.8 Å². The standard InChI is InChI=1S/C14H20N2O2/c17-14(15-7-6-11-4-2-8-18-11)13-12-5-1-3-10(12)9-16-13/h2,4,8,10,12-13,16H,1,3,5-7,9H2,(H,15,17). The minimum atomic E-state index is 0.0362. The Hall–Kier alpha value is -1.29. The number of hydrogen-bond acceptors (Lipinski definition) is 3. The van der Waals surface area contributed by atoms with Crippen LogP contribution in [-0.2, 0) is 11.2 Å². The zero-order valence-electron chi connectivity index (χ0n) is 10.5. The zero-order valence-corrected chi connectivity index (χ0v) is 10.5. The molecule has 0 bridgehead atoms. The second kappa shape index (κ2) is 5.14. The molecular formula is C14H20N2O2. The Labute approximate surface area is 107 Å². The maximum absolute atomic E-state index is 12.1. The number of furan rings is 1. The van der Waals surface area contributed by atoms with Gasteiger partial charge in [-0.15, -0.1) is 0 Å². The van der Waals surface area contributed by atoms with Gasteiger partial charge < -0.3 is 15.1 Å². The molecule has 3 rings (SSSR count). The van der Waals surface area contributed by atoms with Gasteiger partial charge in [-0.3, -0.25) is 4.79 Å². The van der Waals surface area contributed by atoms with E-state index in [1.54, 1.807) is 6.26 Å². The molecule has 0 aromatic carbocycles. The number of carbonyl (C=O) groups excluding carboxylic acids is 1. The molecule has 1 aliphatic heterocycles. The Kier molecular flexibility index (Phi) is 3.37. The van der Waals surface area contributed by atoms with Crippen molar-refractivity contribution >= 4 is 5.91 Å². The summed E-state index contributed by atoms with van der Waals surface area (Å²) >= 11 is 0. The highest BCUT2D eigenvalue weighted by atomic mass is 16.3. The molecular weight excluding hydrogens is 228 g/mol. The molecule has 1 aromatic heterocycles. The molecule has 98 valence electrons. The van der Waals surface area contributed by atoms with Gasteiger partial charge in [0.25, 0.3) is 0 Å². The number of nitrogens with one attached hydrogen (secondary N) is 2. The summed E-state index contributed by atoms with van der Waals surface area (Å²) < 4.78 is 5.24. The fraction of sp³-hybridized carbons (Fsp3) is 0.643. The van der Waals surface area contributed by atoms with Crippen molar-refractivity contribution in [3.05, 3.63) is 24.2 Å². The molecule has 1 aliphatic carbocycles. The number of rotatable bonds is 4. The van der Waals surface area contributed by atoms with E-state index in [9.17, 15) is 4.79 Å². The smallest absolute Gasteiger partial charge is 0.237 e. The molecule has 1 saturated heterocycles. The third kappa shape index (κ3) is 2.29. The Bertz CT molecular complexity index is 402. The van der Waals surface area contributed by atoms with Crippen LogP contribution in [0.15, 0.2) is 22.8 Å². The predicted molar refractivity (Wildman–Crippen MR) is 68.0 cm³/mol. The Morgan fingerprint density at radius 2 is 2.44 bits per heavy atom. The average molecular weight is 248 g/mol. The van der Waals surface area contributed by atoms with Crippen molar-refractivity contribution in [3.63, 3.8) is 0 Å². The minimum Gasteiger partial charge on any atom is -0.469 e. The summed E-state index contributed by atoms with van der Waals surface area (Å²) in [6.07, 6.45) is 6.20.